The molecule has 0 aromatic heterocycles. The van der Waals surface area contributed by atoms with E-state index in [0.717, 1.165) is 0 Å². The third-order valence-corrected chi connectivity index (χ3v) is 6.99. The quantitative estimate of drug-likeness (QED) is 0.0880. The first-order chi connectivity index (χ1) is 18.2. The molecule has 3 heterocycles. The van der Waals surface area contributed by atoms with E-state index in [0.29, 0.717) is 25.8 Å². The summed E-state index contributed by atoms with van der Waals surface area (Å²) in [6.07, 6.45) is 0.885. The van der Waals surface area contributed by atoms with Crippen LogP contribution < -0.4 is 15.9 Å². The molecule has 0 aromatic carbocycles. The Bertz CT molecular complexity index is 949. The van der Waals surface area contributed by atoms with E-state index < -0.39 is 23.7 Å². The molecular formula is C23H34BN6O8. The van der Waals surface area contributed by atoms with Gasteiger partial charge in [0.25, 0.3) is 7.41 Å². The highest BCUT2D eigenvalue weighted by Crippen LogP contribution is 2.20. The molecule has 3 saturated heterocycles. The fourth-order valence-corrected chi connectivity index (χ4v) is 4.89. The van der Waals surface area contributed by atoms with Gasteiger partial charge in [-0.3, -0.25) is 28.8 Å². The maximum Gasteiger partial charge on any atom is 0.310 e. The van der Waals surface area contributed by atoms with Crippen molar-refractivity contribution in [1.82, 2.24) is 30.6 Å². The number of ether oxygens (including phenoxy) is 1. The number of amides is 5. The van der Waals surface area contributed by atoms with Gasteiger partial charge in [-0.25, -0.2) is 0 Å². The number of nitrogens with one attached hydrogen (secondary N) is 3. The predicted octanol–water partition coefficient (Wildman–Crippen LogP) is -3.66. The summed E-state index contributed by atoms with van der Waals surface area (Å²) >= 11 is 0. The summed E-state index contributed by atoms with van der Waals surface area (Å²) in [5, 5.41) is 8.28. The molecule has 207 valence electrons. The number of hydrogen-bond donors (Lipinski definition) is 3. The van der Waals surface area contributed by atoms with Gasteiger partial charge >= 0.3 is 5.97 Å². The van der Waals surface area contributed by atoms with Gasteiger partial charge in [0.2, 0.25) is 29.5 Å². The number of rotatable bonds is 14. The monoisotopic (exact) mass is 533 g/mol. The predicted molar refractivity (Wildman–Crippen MR) is 133 cm³/mol. The van der Waals surface area contributed by atoms with E-state index in [9.17, 15) is 33.6 Å². The molecule has 3 aliphatic heterocycles. The van der Waals surface area contributed by atoms with Crippen LogP contribution in [0.15, 0.2) is 0 Å². The highest BCUT2D eigenvalue weighted by atomic mass is 16.5. The van der Waals surface area contributed by atoms with Crippen LogP contribution >= 0.6 is 0 Å². The minimum Gasteiger partial charge on any atom is -0.469 e. The Balaban J connectivity index is 1.32. The van der Waals surface area contributed by atoms with Crippen molar-refractivity contribution in [1.29, 1.82) is 0 Å². The molecule has 14 nitrogen and oxygen atoms in total. The molecule has 3 N–H and O–H groups in total. The summed E-state index contributed by atoms with van der Waals surface area (Å²) in [6, 6.07) is 0. The third kappa shape index (κ3) is 7.76. The van der Waals surface area contributed by atoms with Crippen molar-refractivity contribution in [2.75, 3.05) is 66.0 Å². The molecule has 0 spiro atoms. The van der Waals surface area contributed by atoms with Crippen molar-refractivity contribution >= 4 is 49.1 Å². The summed E-state index contributed by atoms with van der Waals surface area (Å²) in [5.41, 5.74) is 0. The van der Waals surface area contributed by atoms with Gasteiger partial charge in [0.1, 0.15) is 0 Å². The molecule has 3 rings (SSSR count). The fraction of sp³-hybridized carbons (Fsp3) is 0.696. The lowest BCUT2D eigenvalue weighted by Gasteiger charge is -2.19. The van der Waals surface area contributed by atoms with E-state index in [2.05, 4.69) is 20.6 Å². The molecule has 0 aliphatic carbocycles. The van der Waals surface area contributed by atoms with Crippen molar-refractivity contribution in [3.8, 4) is 0 Å². The Labute approximate surface area is 221 Å². The van der Waals surface area contributed by atoms with Gasteiger partial charge in [0.15, 0.2) is 0 Å². The standard InChI is InChI=1S/C23H34BN6O8/c1-38-23(37)17-10-20(34)29(13-17)6-3-26-21(35)15-8-18(32)28(11-15)5-2-25-22(36)16-9-19(33)30(12-16)7-4-27-24-14-31/h14-17,27H,2-13H2,1H3,(H,25,36)(H,26,35). The Hall–Kier alpha value is -3.49. The summed E-state index contributed by atoms with van der Waals surface area (Å²) in [6.45, 7) is 2.52. The third-order valence-electron chi connectivity index (χ3n) is 6.99. The van der Waals surface area contributed by atoms with Crippen molar-refractivity contribution in [3.05, 3.63) is 0 Å². The number of carbonyl (C=O) groups is 7. The van der Waals surface area contributed by atoms with Crippen LogP contribution in [0.4, 0.5) is 0 Å². The number of hydrogen-bond acceptors (Lipinski definition) is 9. The number of likely N-dealkylation sites (tertiary alicyclic amines) is 3. The largest absolute Gasteiger partial charge is 0.469 e. The smallest absolute Gasteiger partial charge is 0.310 e. The van der Waals surface area contributed by atoms with Crippen LogP contribution in [0.1, 0.15) is 19.3 Å². The number of methoxy groups -OCH3 is 1. The molecule has 3 unspecified atom stereocenters. The maximum absolute atomic E-state index is 12.5. The Morgan fingerprint density at radius 1 is 0.789 bits per heavy atom. The maximum atomic E-state index is 12.5. The molecule has 3 atom stereocenters. The number of carbonyl (C=O) groups excluding carboxylic acids is 7. The average molecular weight is 533 g/mol. The first-order valence-corrected chi connectivity index (χ1v) is 12.7. The zero-order chi connectivity index (χ0) is 27.7. The molecule has 3 fully saturated rings. The van der Waals surface area contributed by atoms with Crippen LogP contribution in [0, 0.1) is 17.8 Å². The van der Waals surface area contributed by atoms with Crippen LogP contribution in [0.2, 0.25) is 0 Å². The van der Waals surface area contributed by atoms with E-state index in [1.807, 2.05) is 0 Å². The number of esters is 1. The molecule has 15 heteroatoms. The second kappa shape index (κ2) is 13.9. The number of nitrogens with zero attached hydrogens (tertiary/aromatic N) is 3. The molecule has 0 bridgehead atoms. The molecule has 5 amide bonds. The van der Waals surface area contributed by atoms with Gasteiger partial charge < -0.3 is 40.1 Å². The van der Waals surface area contributed by atoms with Crippen molar-refractivity contribution < 1.29 is 38.3 Å². The zero-order valence-corrected chi connectivity index (χ0v) is 21.5. The first kappa shape index (κ1) is 29.1. The van der Waals surface area contributed by atoms with Gasteiger partial charge in [-0.15, -0.1) is 0 Å². The van der Waals surface area contributed by atoms with E-state index in [-0.39, 0.29) is 88.1 Å². The second-order valence-electron chi connectivity index (χ2n) is 9.58. The van der Waals surface area contributed by atoms with Gasteiger partial charge in [0.05, 0.1) is 31.0 Å². The minimum atomic E-state index is -0.527. The van der Waals surface area contributed by atoms with E-state index in [1.54, 1.807) is 4.90 Å². The Morgan fingerprint density at radius 2 is 1.21 bits per heavy atom. The summed E-state index contributed by atoms with van der Waals surface area (Å²) in [4.78, 5) is 88.1. The van der Waals surface area contributed by atoms with E-state index in [1.165, 1.54) is 24.3 Å². The van der Waals surface area contributed by atoms with Crippen LogP contribution in [0.25, 0.3) is 0 Å². The van der Waals surface area contributed by atoms with Crippen LogP contribution in [0.3, 0.4) is 0 Å². The van der Waals surface area contributed by atoms with Crippen molar-refractivity contribution in [2.24, 2.45) is 17.8 Å². The fourth-order valence-electron chi connectivity index (χ4n) is 4.89. The Morgan fingerprint density at radius 3 is 1.66 bits per heavy atom. The topological polar surface area (TPSA) is 175 Å². The van der Waals surface area contributed by atoms with Gasteiger partial charge in [0, 0.05) is 78.2 Å². The zero-order valence-electron chi connectivity index (χ0n) is 21.5. The van der Waals surface area contributed by atoms with Gasteiger partial charge in [-0.1, -0.05) is 0 Å². The van der Waals surface area contributed by atoms with Gasteiger partial charge in [-0.2, -0.15) is 0 Å². The average Bonchev–Trinajstić information content (AvgIpc) is 3.58. The lowest BCUT2D eigenvalue weighted by atomic mass is 9.99. The summed E-state index contributed by atoms with van der Waals surface area (Å²) in [5.74, 6) is -2.95. The lowest BCUT2D eigenvalue weighted by Crippen LogP contribution is -2.41. The highest BCUT2D eigenvalue weighted by Gasteiger charge is 2.37. The van der Waals surface area contributed by atoms with Crippen molar-refractivity contribution in [3.63, 3.8) is 0 Å². The summed E-state index contributed by atoms with van der Waals surface area (Å²) in [7, 11) is 2.53. The van der Waals surface area contributed by atoms with Crippen LogP contribution in [-0.4, -0.2) is 130 Å². The molecular weight excluding hydrogens is 499 g/mol. The summed E-state index contributed by atoms with van der Waals surface area (Å²) < 4.78 is 4.68. The Kier molecular flexibility index (Phi) is 10.6. The van der Waals surface area contributed by atoms with E-state index in [4.69, 9.17) is 0 Å². The van der Waals surface area contributed by atoms with Gasteiger partial charge in [-0.05, 0) is 0 Å². The molecule has 38 heavy (non-hydrogen) atoms. The molecule has 0 aromatic rings. The molecule has 3 aliphatic rings. The van der Waals surface area contributed by atoms with Crippen LogP contribution in [-0.2, 0) is 38.3 Å². The van der Waals surface area contributed by atoms with Crippen molar-refractivity contribution in [2.45, 2.75) is 19.3 Å². The highest BCUT2D eigenvalue weighted by molar-refractivity contribution is 6.64. The normalized spacial score (nSPS) is 23.1. The first-order valence-electron chi connectivity index (χ1n) is 12.7. The lowest BCUT2D eigenvalue weighted by molar-refractivity contribution is -0.145. The SMILES string of the molecule is COC(=O)C1CC(=O)N(CCNC(=O)C2CC(=O)N(CCNC(=O)C3CC(=O)N(CCN[B]C=O)C3)C2)C1. The second-order valence-corrected chi connectivity index (χ2v) is 9.58. The minimum absolute atomic E-state index is 0.0640. The molecule has 0 saturated carbocycles. The van der Waals surface area contributed by atoms with Crippen LogP contribution in [0.5, 0.6) is 0 Å². The van der Waals surface area contributed by atoms with E-state index >= 15 is 0 Å². The molecule has 1 radical (unpaired) electrons.